The third kappa shape index (κ3) is 3.81. The molecule has 1 unspecified atom stereocenters. The van der Waals surface area contributed by atoms with Crippen LogP contribution in [0.2, 0.25) is 0 Å². The van der Waals surface area contributed by atoms with Crippen LogP contribution in [0.15, 0.2) is 60.1 Å². The van der Waals surface area contributed by atoms with Crippen molar-refractivity contribution in [2.45, 2.75) is 12.5 Å². The van der Waals surface area contributed by atoms with Gasteiger partial charge in [-0.1, -0.05) is 36.4 Å². The smallest absolute Gasteiger partial charge is 0.228 e. The van der Waals surface area contributed by atoms with Gasteiger partial charge in [0.05, 0.1) is 31.0 Å². The van der Waals surface area contributed by atoms with E-state index in [1.165, 1.54) is 11.3 Å². The van der Waals surface area contributed by atoms with Crippen LogP contribution in [0.25, 0.3) is 10.7 Å². The van der Waals surface area contributed by atoms with Crippen LogP contribution in [0.3, 0.4) is 0 Å². The predicted octanol–water partition coefficient (Wildman–Crippen LogP) is 3.35. The fourth-order valence-corrected chi connectivity index (χ4v) is 3.80. The Morgan fingerprint density at radius 1 is 1.19 bits per heavy atom. The van der Waals surface area contributed by atoms with Crippen LogP contribution >= 0.6 is 11.3 Å². The first-order valence-electron chi connectivity index (χ1n) is 8.60. The lowest BCUT2D eigenvalue weighted by Crippen LogP contribution is -2.43. The lowest BCUT2D eigenvalue weighted by Gasteiger charge is -2.33. The van der Waals surface area contributed by atoms with Crippen molar-refractivity contribution >= 4 is 17.2 Å². The molecule has 0 saturated carbocycles. The molecule has 1 aromatic carbocycles. The van der Waals surface area contributed by atoms with Gasteiger partial charge in [0.1, 0.15) is 11.1 Å². The summed E-state index contributed by atoms with van der Waals surface area (Å²) in [7, 11) is 0. The number of hydrogen-bond acceptors (Lipinski definition) is 5. The summed E-state index contributed by atoms with van der Waals surface area (Å²) >= 11 is 1.52. The van der Waals surface area contributed by atoms with Crippen molar-refractivity contribution in [1.29, 1.82) is 0 Å². The lowest BCUT2D eigenvalue weighted by atomic mass is 10.1. The maximum absolute atomic E-state index is 12.7. The third-order valence-corrected chi connectivity index (χ3v) is 5.27. The molecular formula is C20H19N3O2S. The van der Waals surface area contributed by atoms with Gasteiger partial charge in [0, 0.05) is 18.1 Å². The Bertz CT molecular complexity index is 867. The molecule has 1 aliphatic rings. The van der Waals surface area contributed by atoms with Crippen LogP contribution in [0.5, 0.6) is 0 Å². The van der Waals surface area contributed by atoms with Crippen molar-refractivity contribution in [2.75, 3.05) is 19.7 Å². The van der Waals surface area contributed by atoms with Crippen molar-refractivity contribution in [1.82, 2.24) is 14.9 Å². The van der Waals surface area contributed by atoms with Gasteiger partial charge in [-0.15, -0.1) is 11.3 Å². The van der Waals surface area contributed by atoms with Gasteiger partial charge in [0.25, 0.3) is 0 Å². The number of rotatable bonds is 4. The summed E-state index contributed by atoms with van der Waals surface area (Å²) in [6, 6.07) is 15.8. The number of hydrogen-bond donors (Lipinski definition) is 0. The van der Waals surface area contributed by atoms with Crippen molar-refractivity contribution in [3.8, 4) is 10.7 Å². The van der Waals surface area contributed by atoms with E-state index in [0.717, 1.165) is 22.0 Å². The van der Waals surface area contributed by atoms with Crippen LogP contribution in [-0.4, -0.2) is 40.5 Å². The fourth-order valence-electron chi connectivity index (χ4n) is 3.01. The standard InChI is InChI=1S/C20H19N3O2S/c24-19(12-16-14-26-20(22-16)17-8-4-5-9-21-17)23-10-11-25-18(13-23)15-6-2-1-3-7-15/h1-9,14,18H,10-13H2. The molecule has 1 amide bonds. The molecule has 26 heavy (non-hydrogen) atoms. The Morgan fingerprint density at radius 3 is 2.85 bits per heavy atom. The molecule has 0 bridgehead atoms. The molecule has 3 heterocycles. The maximum Gasteiger partial charge on any atom is 0.228 e. The normalized spacial score (nSPS) is 17.2. The molecule has 132 valence electrons. The highest BCUT2D eigenvalue weighted by Crippen LogP contribution is 2.24. The minimum absolute atomic E-state index is 0.0617. The van der Waals surface area contributed by atoms with Gasteiger partial charge in [-0.2, -0.15) is 0 Å². The second-order valence-corrected chi connectivity index (χ2v) is 7.00. The van der Waals surface area contributed by atoms with E-state index < -0.39 is 0 Å². The zero-order valence-corrected chi connectivity index (χ0v) is 15.1. The number of thiazole rings is 1. The van der Waals surface area contributed by atoms with Gasteiger partial charge >= 0.3 is 0 Å². The predicted molar refractivity (Wildman–Crippen MR) is 101 cm³/mol. The number of carbonyl (C=O) groups is 1. The zero-order chi connectivity index (χ0) is 17.8. The first kappa shape index (κ1) is 16.9. The van der Waals surface area contributed by atoms with E-state index in [1.807, 2.05) is 58.8 Å². The quantitative estimate of drug-likeness (QED) is 0.711. The third-order valence-electron chi connectivity index (χ3n) is 4.36. The first-order valence-corrected chi connectivity index (χ1v) is 9.48. The molecule has 1 atom stereocenters. The number of pyridine rings is 1. The van der Waals surface area contributed by atoms with E-state index >= 15 is 0 Å². The fraction of sp³-hybridized carbons (Fsp3) is 0.250. The van der Waals surface area contributed by atoms with E-state index in [4.69, 9.17) is 4.74 Å². The Morgan fingerprint density at radius 2 is 2.04 bits per heavy atom. The lowest BCUT2D eigenvalue weighted by molar-refractivity contribution is -0.138. The van der Waals surface area contributed by atoms with Gasteiger partial charge in [0.2, 0.25) is 5.91 Å². The summed E-state index contributed by atoms with van der Waals surface area (Å²) < 4.78 is 5.84. The number of nitrogens with zero attached hydrogens (tertiary/aromatic N) is 3. The number of carbonyl (C=O) groups excluding carboxylic acids is 1. The molecule has 1 aliphatic heterocycles. The van der Waals surface area contributed by atoms with Gasteiger partial charge in [0.15, 0.2) is 0 Å². The summed E-state index contributed by atoms with van der Waals surface area (Å²) in [5.41, 5.74) is 2.74. The van der Waals surface area contributed by atoms with Gasteiger partial charge in [-0.3, -0.25) is 9.78 Å². The van der Waals surface area contributed by atoms with Crippen LogP contribution in [0.4, 0.5) is 0 Å². The van der Waals surface area contributed by atoms with Gasteiger partial charge in [-0.25, -0.2) is 4.98 Å². The Labute approximate surface area is 156 Å². The van der Waals surface area contributed by atoms with E-state index in [2.05, 4.69) is 9.97 Å². The van der Waals surface area contributed by atoms with E-state index in [0.29, 0.717) is 26.1 Å². The number of aromatic nitrogens is 2. The summed E-state index contributed by atoms with van der Waals surface area (Å²) in [6.45, 7) is 1.76. The molecule has 4 rings (SSSR count). The molecule has 0 N–H and O–H groups in total. The minimum Gasteiger partial charge on any atom is -0.370 e. The number of morpholine rings is 1. The summed E-state index contributed by atoms with van der Waals surface area (Å²) in [5.74, 6) is 0.0899. The SMILES string of the molecule is O=C(Cc1csc(-c2ccccn2)n1)N1CCOC(c2ccccc2)C1. The van der Waals surface area contributed by atoms with Crippen LogP contribution in [0, 0.1) is 0 Å². The molecule has 5 nitrogen and oxygen atoms in total. The molecule has 6 heteroatoms. The largest absolute Gasteiger partial charge is 0.370 e. The monoisotopic (exact) mass is 365 g/mol. The van der Waals surface area contributed by atoms with Crippen LogP contribution in [0.1, 0.15) is 17.4 Å². The number of ether oxygens (including phenoxy) is 1. The van der Waals surface area contributed by atoms with E-state index in [1.54, 1.807) is 6.20 Å². The molecule has 0 aliphatic carbocycles. The average Bonchev–Trinajstić information content (AvgIpc) is 3.18. The second-order valence-electron chi connectivity index (χ2n) is 6.15. The Kier molecular flexibility index (Phi) is 5.04. The molecule has 2 aromatic heterocycles. The van der Waals surface area contributed by atoms with Crippen molar-refractivity contribution < 1.29 is 9.53 Å². The summed E-state index contributed by atoms with van der Waals surface area (Å²) in [4.78, 5) is 23.5. The Balaban J connectivity index is 1.41. The van der Waals surface area contributed by atoms with Crippen molar-refractivity contribution in [3.63, 3.8) is 0 Å². The minimum atomic E-state index is -0.0617. The van der Waals surface area contributed by atoms with Crippen molar-refractivity contribution in [3.05, 3.63) is 71.4 Å². The maximum atomic E-state index is 12.7. The highest BCUT2D eigenvalue weighted by atomic mass is 32.1. The van der Waals surface area contributed by atoms with Crippen LogP contribution in [-0.2, 0) is 16.0 Å². The van der Waals surface area contributed by atoms with E-state index in [-0.39, 0.29) is 12.0 Å². The highest BCUT2D eigenvalue weighted by molar-refractivity contribution is 7.13. The molecule has 3 aromatic rings. The topological polar surface area (TPSA) is 55.3 Å². The number of benzene rings is 1. The molecule has 0 spiro atoms. The zero-order valence-electron chi connectivity index (χ0n) is 14.2. The second kappa shape index (κ2) is 7.76. The molecule has 0 radical (unpaired) electrons. The highest BCUT2D eigenvalue weighted by Gasteiger charge is 2.25. The molecular weight excluding hydrogens is 346 g/mol. The van der Waals surface area contributed by atoms with E-state index in [9.17, 15) is 4.79 Å². The van der Waals surface area contributed by atoms with Crippen molar-refractivity contribution in [2.24, 2.45) is 0 Å². The Hall–Kier alpha value is -2.57. The molecule has 1 fully saturated rings. The average molecular weight is 365 g/mol. The molecule has 1 saturated heterocycles. The van der Waals surface area contributed by atoms with Crippen LogP contribution < -0.4 is 0 Å². The van der Waals surface area contributed by atoms with Gasteiger partial charge < -0.3 is 9.64 Å². The summed E-state index contributed by atoms with van der Waals surface area (Å²) in [6.07, 6.45) is 2.00. The van der Waals surface area contributed by atoms with Gasteiger partial charge in [-0.05, 0) is 17.7 Å². The first-order chi connectivity index (χ1) is 12.8. The summed E-state index contributed by atoms with van der Waals surface area (Å²) in [5, 5.41) is 2.79. The number of amides is 1.